The van der Waals surface area contributed by atoms with E-state index in [1.165, 1.54) is 17.7 Å². The summed E-state index contributed by atoms with van der Waals surface area (Å²) in [5.41, 5.74) is 2.67. The maximum absolute atomic E-state index is 15.5. The number of methoxy groups -OCH3 is 1. The third-order valence-electron chi connectivity index (χ3n) is 7.63. The maximum Gasteiger partial charge on any atom is 0.325 e. The van der Waals surface area contributed by atoms with Crippen molar-refractivity contribution in [1.29, 1.82) is 0 Å². The molecule has 9 nitrogen and oxygen atoms in total. The minimum Gasteiger partial charge on any atom is -0.452 e. The summed E-state index contributed by atoms with van der Waals surface area (Å²) in [5.74, 6) is -0.249. The van der Waals surface area contributed by atoms with Gasteiger partial charge in [0, 0.05) is 43.5 Å². The minimum absolute atomic E-state index is 0.0144. The van der Waals surface area contributed by atoms with E-state index >= 15 is 4.39 Å². The van der Waals surface area contributed by atoms with Crippen molar-refractivity contribution >= 4 is 28.4 Å². The van der Waals surface area contributed by atoms with Crippen molar-refractivity contribution in [3.05, 3.63) is 59.3 Å². The van der Waals surface area contributed by atoms with Crippen LogP contribution in [-0.4, -0.2) is 63.4 Å². The van der Waals surface area contributed by atoms with Gasteiger partial charge >= 0.3 is 6.03 Å². The van der Waals surface area contributed by atoms with Gasteiger partial charge in [-0.3, -0.25) is 9.36 Å². The van der Waals surface area contributed by atoms with Crippen molar-refractivity contribution in [3.63, 3.8) is 0 Å². The zero-order chi connectivity index (χ0) is 25.4. The van der Waals surface area contributed by atoms with Crippen LogP contribution in [0.1, 0.15) is 34.5 Å². The predicted octanol–water partition coefficient (Wildman–Crippen LogP) is 4.03. The van der Waals surface area contributed by atoms with Gasteiger partial charge in [0.1, 0.15) is 5.52 Å². The van der Waals surface area contributed by atoms with Crippen molar-refractivity contribution in [2.45, 2.75) is 38.3 Å². The van der Waals surface area contributed by atoms with Crippen molar-refractivity contribution in [1.82, 2.24) is 24.4 Å². The second kappa shape index (κ2) is 7.79. The van der Waals surface area contributed by atoms with Gasteiger partial charge in [0.05, 0.1) is 29.4 Å². The Kier molecular flexibility index (Phi) is 4.88. The van der Waals surface area contributed by atoms with E-state index in [0.29, 0.717) is 40.1 Å². The van der Waals surface area contributed by atoms with Gasteiger partial charge in [-0.05, 0) is 50.5 Å². The molecule has 1 aliphatic carbocycles. The minimum atomic E-state index is -0.574. The van der Waals surface area contributed by atoms with Crippen LogP contribution >= 0.6 is 0 Å². The number of hydrogen-bond acceptors (Lipinski definition) is 5. The Morgan fingerprint density at radius 2 is 1.97 bits per heavy atom. The SMILES string of the molecule is CNC(=O)n1c(C)cc2c(F)c(Oc3ccnn4cc(C(=O)N5CC6(OC)CC5C6)c(C)c34)ccc21. The largest absolute Gasteiger partial charge is 0.452 e. The van der Waals surface area contributed by atoms with E-state index in [1.54, 1.807) is 49.1 Å². The number of ether oxygens (including phenoxy) is 2. The molecule has 10 heteroatoms. The molecular weight excluding hydrogens is 465 g/mol. The standard InChI is InChI=1S/C26H26FN5O4/c1-14-9-17-19(32(14)25(34)28-3)5-6-20(22(17)27)36-21-7-8-29-31-12-18(15(2)23(21)31)24(33)30-13-26(35-4)10-16(30)11-26/h5-9,12,16H,10-11,13H2,1-4H3,(H,28,34). The topological polar surface area (TPSA) is 90.1 Å². The fourth-order valence-electron chi connectivity index (χ4n) is 5.67. The number of aryl methyl sites for hydroxylation is 2. The molecule has 4 aromatic rings. The van der Waals surface area contributed by atoms with Gasteiger partial charge in [0.2, 0.25) is 0 Å². The lowest BCUT2D eigenvalue weighted by Gasteiger charge is -2.35. The molecule has 2 amide bonds. The predicted molar refractivity (Wildman–Crippen MR) is 130 cm³/mol. The van der Waals surface area contributed by atoms with Gasteiger partial charge in [-0.1, -0.05) is 0 Å². The fourth-order valence-corrected chi connectivity index (χ4v) is 5.67. The van der Waals surface area contributed by atoms with Crippen LogP contribution in [0, 0.1) is 19.7 Å². The molecule has 1 N–H and O–H groups in total. The summed E-state index contributed by atoms with van der Waals surface area (Å²) in [6.07, 6.45) is 4.96. The monoisotopic (exact) mass is 491 g/mol. The first-order chi connectivity index (χ1) is 17.3. The molecule has 3 fully saturated rings. The Morgan fingerprint density at radius 3 is 2.67 bits per heavy atom. The molecule has 2 saturated heterocycles. The summed E-state index contributed by atoms with van der Waals surface area (Å²) < 4.78 is 30.2. The number of hydrogen-bond donors (Lipinski definition) is 1. The van der Waals surface area contributed by atoms with E-state index in [2.05, 4.69) is 10.4 Å². The second-order valence-corrected chi connectivity index (χ2v) is 9.63. The van der Waals surface area contributed by atoms with Crippen molar-refractivity contribution in [2.24, 2.45) is 0 Å². The summed E-state index contributed by atoms with van der Waals surface area (Å²) in [7, 11) is 3.22. The Bertz CT molecular complexity index is 1570. The van der Waals surface area contributed by atoms with Crippen LogP contribution in [0.4, 0.5) is 9.18 Å². The number of benzene rings is 1. The van der Waals surface area contributed by atoms with Gasteiger partial charge in [0.15, 0.2) is 17.3 Å². The molecule has 2 bridgehead atoms. The molecule has 1 saturated carbocycles. The van der Waals surface area contributed by atoms with E-state index in [0.717, 1.165) is 12.8 Å². The van der Waals surface area contributed by atoms with Crippen LogP contribution in [-0.2, 0) is 4.74 Å². The van der Waals surface area contributed by atoms with E-state index in [-0.39, 0.29) is 34.7 Å². The summed E-state index contributed by atoms with van der Waals surface area (Å²) in [5, 5.41) is 7.19. The van der Waals surface area contributed by atoms with Crippen LogP contribution in [0.15, 0.2) is 36.7 Å². The molecule has 36 heavy (non-hydrogen) atoms. The van der Waals surface area contributed by atoms with Gasteiger partial charge in [-0.25, -0.2) is 13.7 Å². The number of halogens is 1. The Morgan fingerprint density at radius 1 is 1.19 bits per heavy atom. The van der Waals surface area contributed by atoms with Crippen LogP contribution in [0.25, 0.3) is 16.4 Å². The van der Waals surface area contributed by atoms with E-state index in [4.69, 9.17) is 9.47 Å². The van der Waals surface area contributed by atoms with E-state index in [9.17, 15) is 9.59 Å². The van der Waals surface area contributed by atoms with Crippen molar-refractivity contribution in [3.8, 4) is 11.5 Å². The molecule has 0 spiro atoms. The number of rotatable bonds is 4. The number of aromatic nitrogens is 3. The number of nitrogens with one attached hydrogen (secondary N) is 1. The first-order valence-electron chi connectivity index (χ1n) is 11.8. The number of amides is 2. The molecule has 7 rings (SSSR count). The second-order valence-electron chi connectivity index (χ2n) is 9.63. The maximum atomic E-state index is 15.5. The third-order valence-corrected chi connectivity index (χ3v) is 7.63. The average molecular weight is 492 g/mol. The summed E-state index contributed by atoms with van der Waals surface area (Å²) in [4.78, 5) is 27.5. The molecule has 3 aromatic heterocycles. The highest BCUT2D eigenvalue weighted by Crippen LogP contribution is 2.47. The van der Waals surface area contributed by atoms with E-state index < -0.39 is 5.82 Å². The summed E-state index contributed by atoms with van der Waals surface area (Å²) >= 11 is 0. The molecule has 3 aliphatic rings. The average Bonchev–Trinajstić information content (AvgIpc) is 3.59. The van der Waals surface area contributed by atoms with Gasteiger partial charge in [-0.2, -0.15) is 5.10 Å². The van der Waals surface area contributed by atoms with Crippen LogP contribution in [0.3, 0.4) is 0 Å². The van der Waals surface area contributed by atoms with Crippen molar-refractivity contribution < 1.29 is 23.5 Å². The fraction of sp³-hybridized carbons (Fsp3) is 0.346. The quantitative estimate of drug-likeness (QED) is 0.466. The van der Waals surface area contributed by atoms with Crippen molar-refractivity contribution in [2.75, 3.05) is 20.7 Å². The first-order valence-corrected chi connectivity index (χ1v) is 11.8. The number of nitrogens with zero attached hydrogens (tertiary/aromatic N) is 4. The highest BCUT2D eigenvalue weighted by atomic mass is 19.1. The highest BCUT2D eigenvalue weighted by Gasteiger charge is 2.57. The third kappa shape index (κ3) is 3.07. The van der Waals surface area contributed by atoms with Crippen LogP contribution in [0.2, 0.25) is 0 Å². The van der Waals surface area contributed by atoms with E-state index in [1.807, 2.05) is 11.8 Å². The summed E-state index contributed by atoms with van der Waals surface area (Å²) in [6.45, 7) is 4.16. The Labute approximate surface area is 206 Å². The zero-order valence-electron chi connectivity index (χ0n) is 20.5. The van der Waals surface area contributed by atoms with Crippen LogP contribution in [0.5, 0.6) is 11.5 Å². The highest BCUT2D eigenvalue weighted by molar-refractivity contribution is 5.99. The number of carbonyl (C=O) groups excluding carboxylic acids is 2. The molecule has 5 heterocycles. The normalized spacial score (nSPS) is 20.7. The zero-order valence-corrected chi connectivity index (χ0v) is 20.5. The Balaban J connectivity index is 1.37. The lowest BCUT2D eigenvalue weighted by molar-refractivity contribution is -0.0365. The number of fused-ring (bicyclic) bond motifs is 3. The molecule has 0 atom stereocenters. The lowest BCUT2D eigenvalue weighted by Crippen LogP contribution is -2.42. The van der Waals surface area contributed by atoms with Gasteiger partial charge < -0.3 is 19.7 Å². The summed E-state index contributed by atoms with van der Waals surface area (Å²) in [6, 6.07) is 6.25. The van der Waals surface area contributed by atoms with Gasteiger partial charge in [0.25, 0.3) is 5.91 Å². The molecular formula is C26H26FN5O4. The molecule has 0 unspecified atom stereocenters. The molecule has 1 aromatic carbocycles. The lowest BCUT2D eigenvalue weighted by atomic mass is 9.81. The molecule has 186 valence electrons. The number of carbonyl (C=O) groups is 2. The Hall–Kier alpha value is -3.92. The first kappa shape index (κ1) is 22.5. The smallest absolute Gasteiger partial charge is 0.325 e. The molecule has 0 radical (unpaired) electrons. The molecule has 2 aliphatic heterocycles. The van der Waals surface area contributed by atoms with Crippen LogP contribution < -0.4 is 10.1 Å². The van der Waals surface area contributed by atoms with Gasteiger partial charge in [-0.15, -0.1) is 0 Å².